The van der Waals surface area contributed by atoms with Gasteiger partial charge < -0.3 is 10.6 Å². The molecule has 0 saturated carbocycles. The molecule has 2 heteroatoms. The van der Waals surface area contributed by atoms with Crippen molar-refractivity contribution in [3.63, 3.8) is 0 Å². The number of hydrogen-bond donors (Lipinski definition) is 1. The van der Waals surface area contributed by atoms with Crippen LogP contribution >= 0.6 is 0 Å². The average molecular weight is 393 g/mol. The number of rotatable bonds is 3. The summed E-state index contributed by atoms with van der Waals surface area (Å²) in [4.78, 5) is 2.27. The first-order valence-electron chi connectivity index (χ1n) is 10.7. The maximum Gasteiger partial charge on any atom is 0.0411 e. The van der Waals surface area contributed by atoms with Crippen LogP contribution in [0.3, 0.4) is 0 Å². The SMILES string of the molecule is CN(c1ccc(-c2ccc(N)cc2)cc1)c1ccc2c(c1)C(C)(C)C1=C2CCC=C1. The minimum atomic E-state index is 0.0669. The molecule has 0 bridgehead atoms. The molecule has 2 N–H and O–H groups in total. The number of allylic oxidation sites excluding steroid dienone is 4. The Hall–Kier alpha value is -3.26. The Kier molecular flexibility index (Phi) is 4.32. The van der Waals surface area contributed by atoms with Gasteiger partial charge in [0.2, 0.25) is 0 Å². The first-order chi connectivity index (χ1) is 14.4. The first kappa shape index (κ1) is 18.7. The van der Waals surface area contributed by atoms with Gasteiger partial charge in [-0.2, -0.15) is 0 Å². The van der Waals surface area contributed by atoms with Crippen LogP contribution in [0.25, 0.3) is 16.7 Å². The molecule has 2 aliphatic rings. The van der Waals surface area contributed by atoms with Crippen molar-refractivity contribution in [1.29, 1.82) is 0 Å². The number of nitrogens with two attached hydrogens (primary N) is 1. The summed E-state index contributed by atoms with van der Waals surface area (Å²) < 4.78 is 0. The highest BCUT2D eigenvalue weighted by Crippen LogP contribution is 2.50. The van der Waals surface area contributed by atoms with Crippen LogP contribution in [-0.2, 0) is 5.41 Å². The van der Waals surface area contributed by atoms with Crippen molar-refractivity contribution in [3.8, 4) is 11.1 Å². The normalized spacial score (nSPS) is 16.4. The number of hydrogen-bond acceptors (Lipinski definition) is 2. The lowest BCUT2D eigenvalue weighted by Crippen LogP contribution is -2.18. The van der Waals surface area contributed by atoms with E-state index in [2.05, 4.69) is 92.5 Å². The summed E-state index contributed by atoms with van der Waals surface area (Å²) in [5.74, 6) is 0. The van der Waals surface area contributed by atoms with Gasteiger partial charge >= 0.3 is 0 Å². The summed E-state index contributed by atoms with van der Waals surface area (Å²) >= 11 is 0. The van der Waals surface area contributed by atoms with Gasteiger partial charge in [-0.15, -0.1) is 0 Å². The van der Waals surface area contributed by atoms with E-state index >= 15 is 0 Å². The van der Waals surface area contributed by atoms with Crippen LogP contribution in [0, 0.1) is 0 Å². The molecule has 3 aromatic carbocycles. The monoisotopic (exact) mass is 392 g/mol. The molecular formula is C28H28N2. The topological polar surface area (TPSA) is 29.3 Å². The Morgan fingerprint density at radius 3 is 2.17 bits per heavy atom. The van der Waals surface area contributed by atoms with Crippen molar-refractivity contribution >= 4 is 22.6 Å². The molecule has 2 nitrogen and oxygen atoms in total. The molecule has 0 aliphatic heterocycles. The molecule has 0 aromatic heterocycles. The zero-order valence-electron chi connectivity index (χ0n) is 17.9. The van der Waals surface area contributed by atoms with Crippen LogP contribution in [-0.4, -0.2) is 7.05 Å². The van der Waals surface area contributed by atoms with Gasteiger partial charge in [0.15, 0.2) is 0 Å². The molecule has 0 amide bonds. The number of anilines is 3. The van der Waals surface area contributed by atoms with Gasteiger partial charge in [0.1, 0.15) is 0 Å². The van der Waals surface area contributed by atoms with Gasteiger partial charge in [0.05, 0.1) is 0 Å². The second-order valence-electron chi connectivity index (χ2n) is 8.92. The van der Waals surface area contributed by atoms with Gasteiger partial charge in [-0.3, -0.25) is 0 Å². The van der Waals surface area contributed by atoms with Gasteiger partial charge in [-0.1, -0.05) is 56.3 Å². The number of benzene rings is 3. The molecule has 30 heavy (non-hydrogen) atoms. The third kappa shape index (κ3) is 2.95. The Labute approximate surface area is 179 Å². The Morgan fingerprint density at radius 1 is 0.833 bits per heavy atom. The summed E-state index contributed by atoms with van der Waals surface area (Å²) in [5.41, 5.74) is 17.4. The smallest absolute Gasteiger partial charge is 0.0411 e. The Morgan fingerprint density at radius 2 is 1.47 bits per heavy atom. The van der Waals surface area contributed by atoms with Crippen molar-refractivity contribution in [1.82, 2.24) is 0 Å². The average Bonchev–Trinajstić information content (AvgIpc) is 3.01. The molecule has 0 unspecified atom stereocenters. The van der Waals surface area contributed by atoms with E-state index in [1.807, 2.05) is 12.1 Å². The highest BCUT2D eigenvalue weighted by Gasteiger charge is 2.37. The number of fused-ring (bicyclic) bond motifs is 2. The van der Waals surface area contributed by atoms with E-state index < -0.39 is 0 Å². The number of nitrogens with zero attached hydrogens (tertiary/aromatic N) is 1. The van der Waals surface area contributed by atoms with E-state index in [-0.39, 0.29) is 5.41 Å². The fourth-order valence-electron chi connectivity index (χ4n) is 4.90. The van der Waals surface area contributed by atoms with Crippen molar-refractivity contribution in [2.75, 3.05) is 17.7 Å². The quantitative estimate of drug-likeness (QED) is 0.482. The molecule has 0 saturated heterocycles. The maximum absolute atomic E-state index is 5.82. The molecule has 5 rings (SSSR count). The summed E-state index contributed by atoms with van der Waals surface area (Å²) in [7, 11) is 2.15. The molecular weight excluding hydrogens is 364 g/mol. The Balaban J connectivity index is 1.45. The second-order valence-corrected chi connectivity index (χ2v) is 8.92. The van der Waals surface area contributed by atoms with Crippen molar-refractivity contribution in [2.45, 2.75) is 32.1 Å². The second kappa shape index (κ2) is 6.91. The van der Waals surface area contributed by atoms with E-state index in [4.69, 9.17) is 5.73 Å². The lowest BCUT2D eigenvalue weighted by atomic mass is 9.80. The van der Waals surface area contributed by atoms with E-state index in [0.29, 0.717) is 0 Å². The molecule has 0 fully saturated rings. The van der Waals surface area contributed by atoms with Crippen LogP contribution in [0.5, 0.6) is 0 Å². The minimum absolute atomic E-state index is 0.0669. The fourth-order valence-corrected chi connectivity index (χ4v) is 4.90. The van der Waals surface area contributed by atoms with Gasteiger partial charge in [-0.05, 0) is 82.6 Å². The van der Waals surface area contributed by atoms with Crippen molar-refractivity contribution in [2.24, 2.45) is 0 Å². The van der Waals surface area contributed by atoms with Crippen LogP contribution in [0.4, 0.5) is 17.1 Å². The molecule has 0 spiro atoms. The highest BCUT2D eigenvalue weighted by molar-refractivity contribution is 5.85. The van der Waals surface area contributed by atoms with E-state index in [9.17, 15) is 0 Å². The Bertz CT molecular complexity index is 1160. The van der Waals surface area contributed by atoms with Crippen molar-refractivity contribution < 1.29 is 0 Å². The largest absolute Gasteiger partial charge is 0.399 e. The van der Waals surface area contributed by atoms with Gasteiger partial charge in [0, 0.05) is 29.5 Å². The summed E-state index contributed by atoms with van der Waals surface area (Å²) in [6.45, 7) is 4.71. The van der Waals surface area contributed by atoms with Crippen LogP contribution in [0.15, 0.2) is 84.5 Å². The molecule has 0 radical (unpaired) electrons. The summed E-state index contributed by atoms with van der Waals surface area (Å²) in [6, 6.07) is 23.7. The maximum atomic E-state index is 5.82. The molecule has 0 atom stereocenters. The van der Waals surface area contributed by atoms with Crippen LogP contribution < -0.4 is 10.6 Å². The summed E-state index contributed by atoms with van der Waals surface area (Å²) in [5, 5.41) is 0. The van der Waals surface area contributed by atoms with Crippen LogP contribution in [0.2, 0.25) is 0 Å². The molecule has 2 aliphatic carbocycles. The zero-order chi connectivity index (χ0) is 20.9. The number of nitrogen functional groups attached to an aromatic ring is 1. The third-order valence-electron chi connectivity index (χ3n) is 6.73. The lowest BCUT2D eigenvalue weighted by molar-refractivity contribution is 0.651. The van der Waals surface area contributed by atoms with Crippen molar-refractivity contribution in [3.05, 3.63) is 95.6 Å². The zero-order valence-corrected chi connectivity index (χ0v) is 17.9. The minimum Gasteiger partial charge on any atom is -0.399 e. The van der Waals surface area contributed by atoms with Gasteiger partial charge in [0.25, 0.3) is 0 Å². The van der Waals surface area contributed by atoms with Gasteiger partial charge in [-0.25, -0.2) is 0 Å². The standard InChI is InChI=1S/C28H28N2/c1-28(2)26-7-5-4-6-24(26)25-17-16-23(18-27(25)28)30(3)22-14-10-20(11-15-22)19-8-12-21(29)13-9-19/h5,7-18H,4,6,29H2,1-3H3. The fraction of sp³-hybridized carbons (Fsp3) is 0.214. The van der Waals surface area contributed by atoms with E-state index in [1.54, 1.807) is 5.57 Å². The van der Waals surface area contributed by atoms with Crippen LogP contribution in [0.1, 0.15) is 37.8 Å². The first-order valence-corrected chi connectivity index (χ1v) is 10.7. The summed E-state index contributed by atoms with van der Waals surface area (Å²) in [6.07, 6.45) is 6.97. The highest BCUT2D eigenvalue weighted by atomic mass is 15.1. The lowest BCUT2D eigenvalue weighted by Gasteiger charge is -2.26. The van der Waals surface area contributed by atoms with E-state index in [1.165, 1.54) is 39.2 Å². The predicted octanol–water partition coefficient (Wildman–Crippen LogP) is 7.10. The third-order valence-corrected chi connectivity index (χ3v) is 6.73. The predicted molar refractivity (Wildman–Crippen MR) is 129 cm³/mol. The molecule has 3 aromatic rings. The molecule has 150 valence electrons. The molecule has 0 heterocycles. The van der Waals surface area contributed by atoms with E-state index in [0.717, 1.165) is 18.5 Å².